The van der Waals surface area contributed by atoms with E-state index in [1.165, 1.54) is 21.7 Å². The predicted molar refractivity (Wildman–Crippen MR) is 118 cm³/mol. The van der Waals surface area contributed by atoms with Gasteiger partial charge in [0, 0.05) is 42.9 Å². The maximum atomic E-state index is 13.1. The number of carbonyl (C=O) groups is 2. The Labute approximate surface area is 189 Å². The van der Waals surface area contributed by atoms with Gasteiger partial charge in [-0.3, -0.25) is 9.59 Å². The number of thiazole rings is 1. The van der Waals surface area contributed by atoms with E-state index in [0.29, 0.717) is 49.8 Å². The monoisotopic (exact) mass is 484 g/mol. The maximum Gasteiger partial charge on any atom is 0.254 e. The number of aryl methyl sites for hydroxylation is 1. The smallest absolute Gasteiger partial charge is 0.254 e. The zero-order chi connectivity index (χ0) is 22.0. The van der Waals surface area contributed by atoms with Crippen LogP contribution < -0.4 is 5.32 Å². The Morgan fingerprint density at radius 2 is 1.84 bits per heavy atom. The number of rotatable bonds is 5. The second kappa shape index (κ2) is 9.33. The molecule has 2 aromatic heterocycles. The van der Waals surface area contributed by atoms with Gasteiger partial charge in [0.1, 0.15) is 4.21 Å². The van der Waals surface area contributed by atoms with Gasteiger partial charge < -0.3 is 15.0 Å². The minimum Gasteiger partial charge on any atom is -0.378 e. The summed E-state index contributed by atoms with van der Waals surface area (Å²) < 4.78 is 32.9. The fraction of sp³-hybridized carbons (Fsp3) is 0.526. The topological polar surface area (TPSA) is 109 Å². The van der Waals surface area contributed by atoms with Crippen LogP contribution in [-0.2, 0) is 19.6 Å². The molecule has 0 aliphatic carbocycles. The zero-order valence-electron chi connectivity index (χ0n) is 17.1. The van der Waals surface area contributed by atoms with Crippen molar-refractivity contribution in [3.8, 4) is 0 Å². The van der Waals surface area contributed by atoms with Crippen LogP contribution in [0.1, 0.15) is 28.9 Å². The number of hydrogen-bond acceptors (Lipinski definition) is 8. The van der Waals surface area contributed by atoms with Crippen LogP contribution in [-0.4, -0.2) is 73.8 Å². The zero-order valence-corrected chi connectivity index (χ0v) is 19.5. The molecule has 0 atom stereocenters. The molecule has 2 aromatic rings. The molecule has 1 N–H and O–H groups in total. The molecule has 2 aliphatic heterocycles. The van der Waals surface area contributed by atoms with Gasteiger partial charge in [-0.15, -0.1) is 22.7 Å². The Morgan fingerprint density at radius 3 is 2.48 bits per heavy atom. The molecule has 4 rings (SSSR count). The van der Waals surface area contributed by atoms with Gasteiger partial charge in [-0.25, -0.2) is 13.4 Å². The van der Waals surface area contributed by atoms with E-state index in [9.17, 15) is 18.0 Å². The lowest BCUT2D eigenvalue weighted by Crippen LogP contribution is -2.41. The average molecular weight is 485 g/mol. The van der Waals surface area contributed by atoms with Crippen molar-refractivity contribution < 1.29 is 22.7 Å². The summed E-state index contributed by atoms with van der Waals surface area (Å²) in [5, 5.41) is 6.84. The van der Waals surface area contributed by atoms with Gasteiger partial charge in [-0.2, -0.15) is 4.31 Å². The van der Waals surface area contributed by atoms with Gasteiger partial charge in [-0.1, -0.05) is 0 Å². The normalized spacial score (nSPS) is 18.8. The summed E-state index contributed by atoms with van der Waals surface area (Å²) in [4.78, 5) is 31.0. The largest absolute Gasteiger partial charge is 0.378 e. The van der Waals surface area contributed by atoms with Crippen LogP contribution in [0.2, 0.25) is 0 Å². The van der Waals surface area contributed by atoms with E-state index in [1.54, 1.807) is 10.3 Å². The van der Waals surface area contributed by atoms with E-state index in [1.807, 2.05) is 12.3 Å². The lowest BCUT2D eigenvalue weighted by molar-refractivity contribution is -0.120. The molecule has 9 nitrogen and oxygen atoms in total. The molecule has 2 saturated heterocycles. The SMILES string of the molecule is Cc1csc(NC(=O)C2CCN(S(=O)(=O)c3cc(C(=O)N4CCOCC4)cs3)CC2)n1. The van der Waals surface area contributed by atoms with Crippen molar-refractivity contribution in [3.63, 3.8) is 0 Å². The highest BCUT2D eigenvalue weighted by molar-refractivity contribution is 7.91. The minimum atomic E-state index is -3.70. The summed E-state index contributed by atoms with van der Waals surface area (Å²) in [6, 6.07) is 1.46. The Balaban J connectivity index is 1.36. The Morgan fingerprint density at radius 1 is 1.13 bits per heavy atom. The molecule has 0 saturated carbocycles. The summed E-state index contributed by atoms with van der Waals surface area (Å²) in [5.74, 6) is -0.549. The van der Waals surface area contributed by atoms with Gasteiger partial charge in [0.25, 0.3) is 15.9 Å². The highest BCUT2D eigenvalue weighted by Crippen LogP contribution is 2.29. The number of morpholine rings is 1. The van der Waals surface area contributed by atoms with Gasteiger partial charge in [0.2, 0.25) is 5.91 Å². The van der Waals surface area contributed by atoms with Crippen LogP contribution in [0.4, 0.5) is 5.13 Å². The minimum absolute atomic E-state index is 0.124. The van der Waals surface area contributed by atoms with E-state index >= 15 is 0 Å². The molecule has 0 spiro atoms. The molecule has 0 aromatic carbocycles. The third-order valence-corrected chi connectivity index (χ3v) is 9.58. The number of nitrogens with zero attached hydrogens (tertiary/aromatic N) is 3. The number of anilines is 1. The highest BCUT2D eigenvalue weighted by atomic mass is 32.2. The summed E-state index contributed by atoms with van der Waals surface area (Å²) in [7, 11) is -3.70. The van der Waals surface area contributed by atoms with E-state index in [-0.39, 0.29) is 35.0 Å². The van der Waals surface area contributed by atoms with Crippen molar-refractivity contribution in [2.45, 2.75) is 24.0 Å². The standard InChI is InChI=1S/C19H24N4O5S3/c1-13-11-30-19(20-13)21-17(24)14-2-4-23(5-3-14)31(26,27)16-10-15(12-29-16)18(25)22-6-8-28-9-7-22/h10-12,14H,2-9H2,1H3,(H,20,21,24). The fourth-order valence-electron chi connectivity index (χ4n) is 3.62. The maximum absolute atomic E-state index is 13.1. The van der Waals surface area contributed by atoms with Crippen LogP contribution in [0.25, 0.3) is 0 Å². The summed E-state index contributed by atoms with van der Waals surface area (Å²) in [6.45, 7) is 4.39. The Bertz CT molecular complexity index is 1050. The first-order chi connectivity index (χ1) is 14.8. The Hall–Kier alpha value is -1.86. The van der Waals surface area contributed by atoms with Crippen molar-refractivity contribution in [2.24, 2.45) is 5.92 Å². The number of sulfonamides is 1. The molecule has 31 heavy (non-hydrogen) atoms. The first kappa shape index (κ1) is 22.3. The third-order valence-electron chi connectivity index (χ3n) is 5.39. The summed E-state index contributed by atoms with van der Waals surface area (Å²) in [6.07, 6.45) is 0.890. The second-order valence-corrected chi connectivity index (χ2v) is 11.5. The van der Waals surface area contributed by atoms with Crippen LogP contribution in [0.5, 0.6) is 0 Å². The van der Waals surface area contributed by atoms with Crippen molar-refractivity contribution in [1.29, 1.82) is 0 Å². The molecule has 168 valence electrons. The molecule has 0 radical (unpaired) electrons. The molecule has 12 heteroatoms. The molecule has 4 heterocycles. The summed E-state index contributed by atoms with van der Waals surface area (Å²) in [5.41, 5.74) is 1.24. The van der Waals surface area contributed by atoms with Crippen LogP contribution >= 0.6 is 22.7 Å². The fourth-order valence-corrected chi connectivity index (χ4v) is 7.08. The lowest BCUT2D eigenvalue weighted by atomic mass is 9.97. The van der Waals surface area contributed by atoms with Gasteiger partial charge in [-0.05, 0) is 25.8 Å². The third kappa shape index (κ3) is 4.98. The predicted octanol–water partition coefficient (Wildman–Crippen LogP) is 2.02. The van der Waals surface area contributed by atoms with Gasteiger partial charge in [0.15, 0.2) is 5.13 Å². The molecule has 0 bridgehead atoms. The van der Waals surface area contributed by atoms with Crippen molar-refractivity contribution >= 4 is 49.6 Å². The first-order valence-corrected chi connectivity index (χ1v) is 13.2. The van der Waals surface area contributed by atoms with Crippen molar-refractivity contribution in [1.82, 2.24) is 14.2 Å². The number of ether oxygens (including phenoxy) is 1. The highest BCUT2D eigenvalue weighted by Gasteiger charge is 2.34. The average Bonchev–Trinajstić information content (AvgIpc) is 3.43. The van der Waals surface area contributed by atoms with Crippen LogP contribution in [0.3, 0.4) is 0 Å². The van der Waals surface area contributed by atoms with Crippen LogP contribution in [0, 0.1) is 12.8 Å². The number of thiophene rings is 1. The quantitative estimate of drug-likeness (QED) is 0.696. The first-order valence-electron chi connectivity index (χ1n) is 10.0. The number of piperidine rings is 1. The molecule has 2 amide bonds. The molecule has 2 aliphatic rings. The summed E-state index contributed by atoms with van der Waals surface area (Å²) >= 11 is 2.43. The van der Waals surface area contributed by atoms with Gasteiger partial charge in [0.05, 0.1) is 24.5 Å². The molecule has 0 unspecified atom stereocenters. The van der Waals surface area contributed by atoms with E-state index in [4.69, 9.17) is 4.74 Å². The molecular formula is C19H24N4O5S3. The van der Waals surface area contributed by atoms with E-state index in [2.05, 4.69) is 10.3 Å². The van der Waals surface area contributed by atoms with Gasteiger partial charge >= 0.3 is 0 Å². The molecular weight excluding hydrogens is 460 g/mol. The van der Waals surface area contributed by atoms with Crippen molar-refractivity contribution in [2.75, 3.05) is 44.7 Å². The lowest BCUT2D eigenvalue weighted by Gasteiger charge is -2.30. The van der Waals surface area contributed by atoms with Crippen LogP contribution in [0.15, 0.2) is 21.0 Å². The van der Waals surface area contributed by atoms with E-state index in [0.717, 1.165) is 17.0 Å². The number of hydrogen-bond donors (Lipinski definition) is 1. The number of carbonyl (C=O) groups excluding carboxylic acids is 2. The number of nitrogens with one attached hydrogen (secondary N) is 1. The number of aromatic nitrogens is 1. The number of amides is 2. The van der Waals surface area contributed by atoms with E-state index < -0.39 is 10.0 Å². The second-order valence-electron chi connectivity index (χ2n) is 7.52. The molecule has 2 fully saturated rings. The van der Waals surface area contributed by atoms with Crippen molar-refractivity contribution in [3.05, 3.63) is 28.1 Å². The Kier molecular flexibility index (Phi) is 6.72.